The Morgan fingerprint density at radius 2 is 2.00 bits per heavy atom. The van der Waals surface area contributed by atoms with E-state index in [9.17, 15) is 4.79 Å². The van der Waals surface area contributed by atoms with Crippen LogP contribution in [0.2, 0.25) is 0 Å². The van der Waals surface area contributed by atoms with Gasteiger partial charge in [-0.05, 0) is 39.3 Å². The molecular weight excluding hydrogens is 242 g/mol. The van der Waals surface area contributed by atoms with Crippen molar-refractivity contribution in [2.45, 2.75) is 38.8 Å². The highest BCUT2D eigenvalue weighted by atomic mass is 16.6. The number of likely N-dealkylation sites (tertiary alicyclic amines) is 1. The van der Waals surface area contributed by atoms with Gasteiger partial charge in [0, 0.05) is 6.54 Å². The average Bonchev–Trinajstić information content (AvgIpc) is 2.26. The molecule has 2 rings (SSSR count). The van der Waals surface area contributed by atoms with E-state index >= 15 is 0 Å². The number of carbonyl (C=O) groups is 1. The lowest BCUT2D eigenvalue weighted by molar-refractivity contribution is -0.0141. The van der Waals surface area contributed by atoms with Crippen molar-refractivity contribution in [1.29, 1.82) is 0 Å². The number of carbonyl (C=O) groups excluding carboxylic acids is 1. The molecule has 1 aliphatic heterocycles. The van der Waals surface area contributed by atoms with Crippen LogP contribution in [0.1, 0.15) is 27.2 Å². The molecule has 4 heteroatoms. The second-order valence-corrected chi connectivity index (χ2v) is 5.74. The highest BCUT2D eigenvalue weighted by Crippen LogP contribution is 2.22. The highest BCUT2D eigenvalue weighted by Gasteiger charge is 2.35. The Labute approximate surface area is 114 Å². The Morgan fingerprint density at radius 1 is 1.32 bits per heavy atom. The monoisotopic (exact) mass is 263 g/mol. The standard InChI is InChI=1S/C15H21NO3/c1-15(2,3)19-14(17)16-10-9-12(16)11-18-13-7-5-4-6-8-13/h4-8,12H,9-11H2,1-3H3. The molecule has 4 nitrogen and oxygen atoms in total. The number of para-hydroxylation sites is 1. The molecule has 1 amide bonds. The van der Waals surface area contributed by atoms with E-state index in [2.05, 4.69) is 0 Å². The second kappa shape index (κ2) is 5.51. The molecule has 1 saturated heterocycles. The summed E-state index contributed by atoms with van der Waals surface area (Å²) in [7, 11) is 0. The summed E-state index contributed by atoms with van der Waals surface area (Å²) in [6.07, 6.45) is 0.715. The fraction of sp³-hybridized carbons (Fsp3) is 0.533. The molecule has 19 heavy (non-hydrogen) atoms. The van der Waals surface area contributed by atoms with Crippen molar-refractivity contribution >= 4 is 6.09 Å². The molecule has 104 valence electrons. The summed E-state index contributed by atoms with van der Waals surface area (Å²) in [4.78, 5) is 13.6. The first-order valence-electron chi connectivity index (χ1n) is 6.63. The fourth-order valence-electron chi connectivity index (χ4n) is 1.88. The molecule has 0 radical (unpaired) electrons. The summed E-state index contributed by atoms with van der Waals surface area (Å²) >= 11 is 0. The molecule has 0 saturated carbocycles. The maximum absolute atomic E-state index is 11.9. The molecule has 0 aliphatic carbocycles. The van der Waals surface area contributed by atoms with E-state index in [-0.39, 0.29) is 12.1 Å². The molecule has 0 spiro atoms. The zero-order valence-electron chi connectivity index (χ0n) is 11.8. The van der Waals surface area contributed by atoms with E-state index < -0.39 is 5.60 Å². The van der Waals surface area contributed by atoms with Gasteiger partial charge in [0.25, 0.3) is 0 Å². The van der Waals surface area contributed by atoms with Crippen LogP contribution in [-0.4, -0.2) is 35.8 Å². The van der Waals surface area contributed by atoms with Crippen LogP contribution in [0.25, 0.3) is 0 Å². The van der Waals surface area contributed by atoms with Crippen molar-refractivity contribution in [3.8, 4) is 5.75 Å². The highest BCUT2D eigenvalue weighted by molar-refractivity contribution is 5.69. The lowest BCUT2D eigenvalue weighted by Crippen LogP contribution is -2.55. The van der Waals surface area contributed by atoms with Crippen molar-refractivity contribution in [2.75, 3.05) is 13.2 Å². The SMILES string of the molecule is CC(C)(C)OC(=O)N1CCC1COc1ccccc1. The predicted molar refractivity (Wildman–Crippen MR) is 73.3 cm³/mol. The topological polar surface area (TPSA) is 38.8 Å². The molecule has 1 aliphatic rings. The summed E-state index contributed by atoms with van der Waals surface area (Å²) in [6, 6.07) is 9.76. The maximum atomic E-state index is 11.9. The van der Waals surface area contributed by atoms with Crippen LogP contribution in [0.4, 0.5) is 4.79 Å². The lowest BCUT2D eigenvalue weighted by Gasteiger charge is -2.41. The lowest BCUT2D eigenvalue weighted by atomic mass is 10.1. The first-order valence-corrected chi connectivity index (χ1v) is 6.63. The summed E-state index contributed by atoms with van der Waals surface area (Å²) in [6.45, 7) is 6.89. The minimum Gasteiger partial charge on any atom is -0.491 e. The van der Waals surface area contributed by atoms with Gasteiger partial charge in [-0.2, -0.15) is 0 Å². The Hall–Kier alpha value is -1.71. The Kier molecular flexibility index (Phi) is 3.98. The number of amides is 1. The maximum Gasteiger partial charge on any atom is 0.410 e. The first-order chi connectivity index (χ1) is 8.96. The largest absolute Gasteiger partial charge is 0.491 e. The van der Waals surface area contributed by atoms with Gasteiger partial charge >= 0.3 is 6.09 Å². The van der Waals surface area contributed by atoms with Gasteiger partial charge < -0.3 is 14.4 Å². The van der Waals surface area contributed by atoms with Gasteiger partial charge in [0.05, 0.1) is 6.04 Å². The third-order valence-corrected chi connectivity index (χ3v) is 2.96. The Bertz CT molecular complexity index is 425. The molecule has 1 aromatic carbocycles. The molecule has 1 fully saturated rings. The van der Waals surface area contributed by atoms with Gasteiger partial charge in [-0.25, -0.2) is 4.79 Å². The summed E-state index contributed by atoms with van der Waals surface area (Å²) < 4.78 is 11.0. The fourth-order valence-corrected chi connectivity index (χ4v) is 1.88. The van der Waals surface area contributed by atoms with Crippen LogP contribution in [0, 0.1) is 0 Å². The van der Waals surface area contributed by atoms with Crippen LogP contribution in [0.15, 0.2) is 30.3 Å². The van der Waals surface area contributed by atoms with Crippen LogP contribution >= 0.6 is 0 Å². The predicted octanol–water partition coefficient (Wildman–Crippen LogP) is 3.07. The molecule has 1 unspecified atom stereocenters. The van der Waals surface area contributed by atoms with Gasteiger partial charge in [-0.1, -0.05) is 18.2 Å². The summed E-state index contributed by atoms with van der Waals surface area (Å²) in [5, 5.41) is 0. The van der Waals surface area contributed by atoms with Crippen LogP contribution in [0.3, 0.4) is 0 Å². The van der Waals surface area contributed by atoms with Crippen molar-refractivity contribution in [3.05, 3.63) is 30.3 Å². The van der Waals surface area contributed by atoms with Gasteiger partial charge in [0.2, 0.25) is 0 Å². The van der Waals surface area contributed by atoms with Gasteiger partial charge in [0.1, 0.15) is 18.0 Å². The zero-order valence-corrected chi connectivity index (χ0v) is 11.8. The zero-order chi connectivity index (χ0) is 13.9. The summed E-state index contributed by atoms with van der Waals surface area (Å²) in [5.41, 5.74) is -0.447. The van der Waals surface area contributed by atoms with Crippen molar-refractivity contribution < 1.29 is 14.3 Å². The van der Waals surface area contributed by atoms with Crippen LogP contribution in [0.5, 0.6) is 5.75 Å². The van der Waals surface area contributed by atoms with Gasteiger partial charge in [-0.15, -0.1) is 0 Å². The van der Waals surface area contributed by atoms with Crippen molar-refractivity contribution in [2.24, 2.45) is 0 Å². The van der Waals surface area contributed by atoms with E-state index in [1.165, 1.54) is 0 Å². The number of nitrogens with zero attached hydrogens (tertiary/aromatic N) is 1. The van der Waals surface area contributed by atoms with E-state index in [1.807, 2.05) is 51.1 Å². The smallest absolute Gasteiger partial charge is 0.410 e. The Balaban J connectivity index is 1.81. The molecule has 1 heterocycles. The quantitative estimate of drug-likeness (QED) is 0.841. The molecule has 0 bridgehead atoms. The van der Waals surface area contributed by atoms with E-state index in [1.54, 1.807) is 4.90 Å². The van der Waals surface area contributed by atoms with Crippen LogP contribution in [-0.2, 0) is 4.74 Å². The molecule has 0 aromatic heterocycles. The molecular formula is C15H21NO3. The van der Waals surface area contributed by atoms with Crippen LogP contribution < -0.4 is 4.74 Å². The van der Waals surface area contributed by atoms with E-state index in [0.29, 0.717) is 6.61 Å². The number of benzene rings is 1. The first kappa shape index (κ1) is 13.7. The molecule has 1 aromatic rings. The number of rotatable bonds is 3. The third kappa shape index (κ3) is 3.88. The molecule has 1 atom stereocenters. The average molecular weight is 263 g/mol. The summed E-state index contributed by atoms with van der Waals surface area (Å²) in [5.74, 6) is 0.832. The van der Waals surface area contributed by atoms with E-state index in [0.717, 1.165) is 18.7 Å². The minimum atomic E-state index is -0.447. The normalized spacial score (nSPS) is 18.7. The van der Waals surface area contributed by atoms with E-state index in [4.69, 9.17) is 9.47 Å². The second-order valence-electron chi connectivity index (χ2n) is 5.74. The van der Waals surface area contributed by atoms with Gasteiger partial charge in [0.15, 0.2) is 0 Å². The third-order valence-electron chi connectivity index (χ3n) is 2.96. The van der Waals surface area contributed by atoms with Crippen molar-refractivity contribution in [1.82, 2.24) is 4.90 Å². The number of hydrogen-bond acceptors (Lipinski definition) is 3. The van der Waals surface area contributed by atoms with Crippen molar-refractivity contribution in [3.63, 3.8) is 0 Å². The Morgan fingerprint density at radius 3 is 2.53 bits per heavy atom. The van der Waals surface area contributed by atoms with Gasteiger partial charge in [-0.3, -0.25) is 0 Å². The minimum absolute atomic E-state index is 0.120. The number of ether oxygens (including phenoxy) is 2. The number of hydrogen-bond donors (Lipinski definition) is 0. The molecule has 0 N–H and O–H groups in total.